The summed E-state index contributed by atoms with van der Waals surface area (Å²) < 4.78 is 5.15. The molecule has 1 aliphatic heterocycles. The predicted molar refractivity (Wildman–Crippen MR) is 99.9 cm³/mol. The lowest BCUT2D eigenvalue weighted by molar-refractivity contribution is -0.122. The molecule has 1 saturated heterocycles. The van der Waals surface area contributed by atoms with E-state index in [-0.39, 0.29) is 5.91 Å². The molecule has 1 amide bonds. The number of hydrogen-bond acceptors (Lipinski definition) is 6. The third kappa shape index (κ3) is 3.52. The number of amides is 1. The molecule has 7 heteroatoms. The van der Waals surface area contributed by atoms with Crippen molar-refractivity contribution in [1.29, 1.82) is 0 Å². The molecule has 24 heavy (non-hydrogen) atoms. The number of ether oxygens (including phenoxy) is 1. The van der Waals surface area contributed by atoms with Gasteiger partial charge in [0.25, 0.3) is 5.91 Å². The molecule has 0 N–H and O–H groups in total. The number of carbonyl (C=O) groups excluding carboxylic acids is 1. The van der Waals surface area contributed by atoms with Crippen molar-refractivity contribution in [1.82, 2.24) is 9.88 Å². The van der Waals surface area contributed by atoms with E-state index in [1.165, 1.54) is 23.1 Å². The lowest BCUT2D eigenvalue weighted by atomic mass is 10.2. The maximum absolute atomic E-state index is 12.6. The highest BCUT2D eigenvalue weighted by Gasteiger charge is 2.32. The maximum atomic E-state index is 12.6. The molecule has 5 nitrogen and oxygen atoms in total. The van der Waals surface area contributed by atoms with Gasteiger partial charge in [-0.2, -0.15) is 4.99 Å². The fraction of sp³-hybridized carbons (Fsp3) is 0.235. The van der Waals surface area contributed by atoms with Gasteiger partial charge in [0.15, 0.2) is 5.17 Å². The zero-order valence-corrected chi connectivity index (χ0v) is 15.3. The molecular formula is C17H17N3O2S2. The normalized spacial score (nSPS) is 18.0. The Bertz CT molecular complexity index is 809. The highest BCUT2D eigenvalue weighted by atomic mass is 32.2. The van der Waals surface area contributed by atoms with Crippen molar-refractivity contribution in [2.45, 2.75) is 13.8 Å². The van der Waals surface area contributed by atoms with Crippen LogP contribution >= 0.6 is 23.1 Å². The molecule has 0 unspecified atom stereocenters. The van der Waals surface area contributed by atoms with Gasteiger partial charge >= 0.3 is 0 Å². The molecule has 1 fully saturated rings. The van der Waals surface area contributed by atoms with Crippen molar-refractivity contribution in [3.63, 3.8) is 0 Å². The first-order chi connectivity index (χ1) is 11.6. The third-order valence-electron chi connectivity index (χ3n) is 3.42. The quantitative estimate of drug-likeness (QED) is 0.772. The van der Waals surface area contributed by atoms with E-state index < -0.39 is 0 Å². The number of rotatable bonds is 4. The van der Waals surface area contributed by atoms with E-state index in [9.17, 15) is 4.79 Å². The second kappa shape index (κ2) is 7.19. The number of amidine groups is 1. The molecular weight excluding hydrogens is 342 g/mol. The van der Waals surface area contributed by atoms with Crippen molar-refractivity contribution >= 4 is 45.4 Å². The summed E-state index contributed by atoms with van der Waals surface area (Å²) in [4.78, 5) is 23.8. The Hall–Kier alpha value is -2.12. The number of aryl methyl sites for hydroxylation is 1. The number of carbonyl (C=O) groups is 1. The molecule has 124 valence electrons. The van der Waals surface area contributed by atoms with E-state index in [0.29, 0.717) is 21.7 Å². The zero-order chi connectivity index (χ0) is 17.1. The van der Waals surface area contributed by atoms with Gasteiger partial charge in [0.1, 0.15) is 5.75 Å². The summed E-state index contributed by atoms with van der Waals surface area (Å²) in [5.41, 5.74) is 1.89. The highest BCUT2D eigenvalue weighted by molar-refractivity contribution is 8.18. The smallest absolute Gasteiger partial charge is 0.266 e. The molecule has 1 aliphatic rings. The van der Waals surface area contributed by atoms with E-state index in [1.54, 1.807) is 12.0 Å². The molecule has 0 radical (unpaired) electrons. The fourth-order valence-electron chi connectivity index (χ4n) is 2.20. The van der Waals surface area contributed by atoms with Crippen molar-refractivity contribution in [2.75, 3.05) is 13.7 Å². The highest BCUT2D eigenvalue weighted by Crippen LogP contribution is 2.34. The van der Waals surface area contributed by atoms with Gasteiger partial charge in [-0.1, -0.05) is 12.1 Å². The lowest BCUT2D eigenvalue weighted by Crippen LogP contribution is -2.28. The van der Waals surface area contributed by atoms with Crippen molar-refractivity contribution < 1.29 is 9.53 Å². The molecule has 2 heterocycles. The molecule has 0 saturated carbocycles. The molecule has 0 spiro atoms. The van der Waals surface area contributed by atoms with Crippen LogP contribution in [0.15, 0.2) is 39.5 Å². The topological polar surface area (TPSA) is 54.8 Å². The second-order valence-electron chi connectivity index (χ2n) is 5.10. The lowest BCUT2D eigenvalue weighted by Gasteiger charge is -2.11. The first-order valence-electron chi connectivity index (χ1n) is 7.47. The number of aromatic nitrogens is 1. The summed E-state index contributed by atoms with van der Waals surface area (Å²) in [5, 5.41) is 3.30. The molecule has 1 aromatic carbocycles. The summed E-state index contributed by atoms with van der Waals surface area (Å²) >= 11 is 2.86. The van der Waals surface area contributed by atoms with E-state index >= 15 is 0 Å². The number of thiazole rings is 1. The summed E-state index contributed by atoms with van der Waals surface area (Å²) in [5.74, 6) is 0.768. The van der Waals surface area contributed by atoms with Gasteiger partial charge in [0.2, 0.25) is 5.13 Å². The molecule has 0 aliphatic carbocycles. The summed E-state index contributed by atoms with van der Waals surface area (Å²) in [6.45, 7) is 4.45. The van der Waals surface area contributed by atoms with Crippen LogP contribution in [0.3, 0.4) is 0 Å². The van der Waals surface area contributed by atoms with Crippen LogP contribution < -0.4 is 4.74 Å². The third-order valence-corrected chi connectivity index (χ3v) is 5.28. The van der Waals surface area contributed by atoms with Crippen molar-refractivity contribution in [3.8, 4) is 5.75 Å². The Morgan fingerprint density at radius 1 is 1.33 bits per heavy atom. The van der Waals surface area contributed by atoms with Crippen molar-refractivity contribution in [3.05, 3.63) is 45.8 Å². The number of hydrogen-bond donors (Lipinski definition) is 0. The summed E-state index contributed by atoms with van der Waals surface area (Å²) in [6, 6.07) is 7.60. The SMILES string of the molecule is CCN1C(=O)/C(=C/c2ccc(OC)cc2)S/C1=N/c1nc(C)cs1. The zero-order valence-electron chi connectivity index (χ0n) is 13.6. The van der Waals surface area contributed by atoms with E-state index in [4.69, 9.17) is 4.74 Å². The average molecular weight is 359 g/mol. The molecule has 0 atom stereocenters. The Morgan fingerprint density at radius 3 is 2.67 bits per heavy atom. The van der Waals surface area contributed by atoms with Crippen LogP contribution in [0.2, 0.25) is 0 Å². The fourth-order valence-corrected chi connectivity index (χ4v) is 3.96. The summed E-state index contributed by atoms with van der Waals surface area (Å²) in [7, 11) is 1.63. The minimum Gasteiger partial charge on any atom is -0.497 e. The molecule has 3 rings (SSSR count). The monoisotopic (exact) mass is 359 g/mol. The van der Waals surface area contributed by atoms with Gasteiger partial charge in [0.05, 0.1) is 17.7 Å². The van der Waals surface area contributed by atoms with Gasteiger partial charge in [-0.3, -0.25) is 9.69 Å². The first-order valence-corrected chi connectivity index (χ1v) is 9.16. The maximum Gasteiger partial charge on any atom is 0.266 e. The van der Waals surface area contributed by atoms with Crippen LogP contribution in [-0.4, -0.2) is 34.6 Å². The Kier molecular flexibility index (Phi) is 5.01. The Morgan fingerprint density at radius 2 is 2.08 bits per heavy atom. The van der Waals surface area contributed by atoms with Crippen LogP contribution in [-0.2, 0) is 4.79 Å². The standard InChI is InChI=1S/C17H17N3O2S2/c1-4-20-15(21)14(9-12-5-7-13(22-3)8-6-12)24-17(20)19-16-18-11(2)10-23-16/h5-10H,4H2,1-3H3/b14-9-,19-17+. The van der Waals surface area contributed by atoms with Gasteiger partial charge in [-0.05, 0) is 49.4 Å². The predicted octanol–water partition coefficient (Wildman–Crippen LogP) is 4.08. The molecule has 2 aromatic rings. The number of aliphatic imine (C=N–C) groups is 1. The minimum absolute atomic E-state index is 0.0228. The van der Waals surface area contributed by atoms with Gasteiger partial charge in [-0.15, -0.1) is 11.3 Å². The van der Waals surface area contributed by atoms with E-state index in [2.05, 4.69) is 9.98 Å². The number of methoxy groups -OCH3 is 1. The van der Waals surface area contributed by atoms with Gasteiger partial charge in [-0.25, -0.2) is 4.98 Å². The van der Waals surface area contributed by atoms with Gasteiger partial charge < -0.3 is 4.74 Å². The average Bonchev–Trinajstić information content (AvgIpc) is 3.12. The number of likely N-dealkylation sites (N-methyl/N-ethyl adjacent to an activating group) is 1. The number of benzene rings is 1. The number of thioether (sulfide) groups is 1. The molecule has 0 bridgehead atoms. The summed E-state index contributed by atoms with van der Waals surface area (Å²) in [6.07, 6.45) is 1.88. The van der Waals surface area contributed by atoms with Crippen LogP contribution in [0, 0.1) is 6.92 Å². The van der Waals surface area contributed by atoms with Crippen molar-refractivity contribution in [2.24, 2.45) is 4.99 Å². The van der Waals surface area contributed by atoms with E-state index in [0.717, 1.165) is 17.0 Å². The Balaban J connectivity index is 1.88. The first kappa shape index (κ1) is 16.7. The van der Waals surface area contributed by atoms with Gasteiger partial charge in [0, 0.05) is 11.9 Å². The largest absolute Gasteiger partial charge is 0.497 e. The van der Waals surface area contributed by atoms with Crippen LogP contribution in [0.5, 0.6) is 5.75 Å². The Labute approximate surface area is 149 Å². The van der Waals surface area contributed by atoms with Crippen LogP contribution in [0.25, 0.3) is 6.08 Å². The van der Waals surface area contributed by atoms with E-state index in [1.807, 2.05) is 49.6 Å². The second-order valence-corrected chi connectivity index (χ2v) is 6.94. The number of nitrogens with zero attached hydrogens (tertiary/aromatic N) is 3. The molecule has 1 aromatic heterocycles. The van der Waals surface area contributed by atoms with Crippen LogP contribution in [0.1, 0.15) is 18.2 Å². The minimum atomic E-state index is -0.0228. The van der Waals surface area contributed by atoms with Crippen LogP contribution in [0.4, 0.5) is 5.13 Å².